The summed E-state index contributed by atoms with van der Waals surface area (Å²) in [6.45, 7) is 0.889. The van der Waals surface area contributed by atoms with E-state index in [1.54, 1.807) is 23.3 Å². The third-order valence-electron chi connectivity index (χ3n) is 4.12. The van der Waals surface area contributed by atoms with Crippen molar-refractivity contribution in [1.29, 1.82) is 0 Å². The molecule has 148 valence electrons. The minimum Gasteiger partial charge on any atom is -0.467 e. The molecule has 8 heteroatoms. The molecule has 1 aromatic heterocycles. The van der Waals surface area contributed by atoms with Crippen LogP contribution in [0.25, 0.3) is 0 Å². The van der Waals surface area contributed by atoms with Crippen molar-refractivity contribution in [3.05, 3.63) is 60.1 Å². The van der Waals surface area contributed by atoms with Crippen LogP contribution in [0.15, 0.2) is 53.1 Å². The van der Waals surface area contributed by atoms with Gasteiger partial charge < -0.3 is 14.1 Å². The molecular formula is C19H26N2O5S. The summed E-state index contributed by atoms with van der Waals surface area (Å²) >= 11 is 0. The van der Waals surface area contributed by atoms with Gasteiger partial charge in [0.05, 0.1) is 32.2 Å². The van der Waals surface area contributed by atoms with Crippen molar-refractivity contribution in [2.75, 3.05) is 39.6 Å². The summed E-state index contributed by atoms with van der Waals surface area (Å²) in [4.78, 5) is 14.5. The molecule has 0 aliphatic heterocycles. The maximum absolute atomic E-state index is 12.8. The van der Waals surface area contributed by atoms with Gasteiger partial charge in [0.15, 0.2) is 0 Å². The molecule has 0 saturated carbocycles. The molecule has 1 heterocycles. The highest BCUT2D eigenvalue weighted by molar-refractivity contribution is 7.88. The van der Waals surface area contributed by atoms with Gasteiger partial charge >= 0.3 is 0 Å². The summed E-state index contributed by atoms with van der Waals surface area (Å²) in [5, 5.41) is 0. The molecular weight excluding hydrogens is 368 g/mol. The van der Waals surface area contributed by atoms with E-state index in [1.807, 2.05) is 30.3 Å². The Morgan fingerprint density at radius 1 is 1.11 bits per heavy atom. The number of nitrogens with zero attached hydrogens (tertiary/aromatic N) is 2. The van der Waals surface area contributed by atoms with Crippen molar-refractivity contribution in [1.82, 2.24) is 9.21 Å². The van der Waals surface area contributed by atoms with Crippen LogP contribution in [0.3, 0.4) is 0 Å². The quantitative estimate of drug-likeness (QED) is 0.580. The second-order valence-electron chi connectivity index (χ2n) is 6.22. The zero-order valence-electron chi connectivity index (χ0n) is 15.7. The van der Waals surface area contributed by atoms with Gasteiger partial charge in [-0.1, -0.05) is 30.3 Å². The monoisotopic (exact) mass is 394 g/mol. The molecule has 2 aromatic rings. The largest absolute Gasteiger partial charge is 0.467 e. The van der Waals surface area contributed by atoms with Crippen molar-refractivity contribution in [3.8, 4) is 0 Å². The first-order valence-corrected chi connectivity index (χ1v) is 10.5. The lowest BCUT2D eigenvalue weighted by Gasteiger charge is -2.26. The Labute approximate surface area is 160 Å². The van der Waals surface area contributed by atoms with E-state index < -0.39 is 10.0 Å². The van der Waals surface area contributed by atoms with E-state index in [0.717, 1.165) is 16.1 Å². The fraction of sp³-hybridized carbons (Fsp3) is 0.421. The van der Waals surface area contributed by atoms with Crippen LogP contribution >= 0.6 is 0 Å². The fourth-order valence-corrected chi connectivity index (χ4v) is 3.35. The van der Waals surface area contributed by atoms with Crippen LogP contribution in [0.1, 0.15) is 11.3 Å². The van der Waals surface area contributed by atoms with Crippen LogP contribution in [0, 0.1) is 0 Å². The number of hydrogen-bond donors (Lipinski definition) is 0. The molecule has 0 aliphatic rings. The number of ether oxygens (including phenoxy) is 1. The number of benzene rings is 1. The van der Waals surface area contributed by atoms with Crippen LogP contribution < -0.4 is 0 Å². The summed E-state index contributed by atoms with van der Waals surface area (Å²) in [5.41, 5.74) is 1.11. The van der Waals surface area contributed by atoms with E-state index in [4.69, 9.17) is 9.15 Å². The van der Waals surface area contributed by atoms with Crippen LogP contribution in [-0.4, -0.2) is 63.1 Å². The number of hydrogen-bond acceptors (Lipinski definition) is 5. The van der Waals surface area contributed by atoms with Crippen molar-refractivity contribution in [2.45, 2.75) is 13.0 Å². The van der Waals surface area contributed by atoms with E-state index in [0.29, 0.717) is 25.3 Å². The lowest BCUT2D eigenvalue weighted by molar-refractivity contribution is -0.132. The van der Waals surface area contributed by atoms with E-state index in [-0.39, 0.29) is 25.6 Å². The smallest absolute Gasteiger partial charge is 0.238 e. The number of carbonyl (C=O) groups excluding carboxylic acids is 1. The Hall–Kier alpha value is -2.16. The molecule has 2 rings (SSSR count). The Balaban J connectivity index is 2.08. The highest BCUT2D eigenvalue weighted by atomic mass is 32.2. The summed E-state index contributed by atoms with van der Waals surface area (Å²) < 4.78 is 35.4. The first-order valence-electron chi connectivity index (χ1n) is 8.68. The van der Waals surface area contributed by atoms with Crippen LogP contribution in [0.4, 0.5) is 0 Å². The van der Waals surface area contributed by atoms with Gasteiger partial charge in [-0.3, -0.25) is 4.79 Å². The molecule has 0 spiro atoms. The fourth-order valence-electron chi connectivity index (χ4n) is 2.60. The lowest BCUT2D eigenvalue weighted by atomic mass is 10.1. The zero-order chi connectivity index (χ0) is 19.7. The maximum Gasteiger partial charge on any atom is 0.238 e. The number of furan rings is 1. The Morgan fingerprint density at radius 2 is 1.85 bits per heavy atom. The van der Waals surface area contributed by atoms with E-state index in [9.17, 15) is 13.2 Å². The minimum absolute atomic E-state index is 0.133. The van der Waals surface area contributed by atoms with Crippen LogP contribution in [0.2, 0.25) is 0 Å². The number of carbonyl (C=O) groups is 1. The molecule has 1 aromatic carbocycles. The molecule has 1 amide bonds. The van der Waals surface area contributed by atoms with Crippen LogP contribution in [-0.2, 0) is 32.5 Å². The lowest BCUT2D eigenvalue weighted by Crippen LogP contribution is -2.44. The van der Waals surface area contributed by atoms with Crippen LogP contribution in [0.5, 0.6) is 0 Å². The van der Waals surface area contributed by atoms with Gasteiger partial charge in [0, 0.05) is 20.2 Å². The summed E-state index contributed by atoms with van der Waals surface area (Å²) in [6.07, 6.45) is 3.32. The molecule has 0 bridgehead atoms. The third-order valence-corrected chi connectivity index (χ3v) is 5.37. The Morgan fingerprint density at radius 3 is 2.44 bits per heavy atom. The van der Waals surface area contributed by atoms with Crippen molar-refractivity contribution in [3.63, 3.8) is 0 Å². The number of methoxy groups -OCH3 is 1. The first kappa shape index (κ1) is 21.1. The molecule has 0 atom stereocenters. The highest BCUT2D eigenvalue weighted by Gasteiger charge is 2.24. The number of amides is 1. The second kappa shape index (κ2) is 10.2. The summed E-state index contributed by atoms with van der Waals surface area (Å²) in [6, 6.07) is 13.4. The molecule has 0 saturated heterocycles. The van der Waals surface area contributed by atoms with Crippen molar-refractivity contribution < 1.29 is 22.4 Å². The maximum atomic E-state index is 12.8. The normalized spacial score (nSPS) is 11.7. The van der Waals surface area contributed by atoms with Gasteiger partial charge in [0.25, 0.3) is 0 Å². The standard InChI is InChI=1S/C19H26N2O5S/c1-25-14-12-21(27(2,23)24)16-19(22)20(15-18-9-6-13-26-18)11-10-17-7-4-3-5-8-17/h3-9,13H,10-12,14-16H2,1-2H3. The average Bonchev–Trinajstić information content (AvgIpc) is 3.15. The van der Waals surface area contributed by atoms with Gasteiger partial charge in [-0.2, -0.15) is 4.31 Å². The first-order chi connectivity index (χ1) is 12.9. The molecule has 0 N–H and O–H groups in total. The van der Waals surface area contributed by atoms with Gasteiger partial charge in [-0.25, -0.2) is 8.42 Å². The van der Waals surface area contributed by atoms with Gasteiger partial charge in [0.2, 0.25) is 15.9 Å². The third kappa shape index (κ3) is 7.16. The predicted molar refractivity (Wildman–Crippen MR) is 103 cm³/mol. The van der Waals surface area contributed by atoms with E-state index in [1.165, 1.54) is 7.11 Å². The van der Waals surface area contributed by atoms with Crippen molar-refractivity contribution in [2.24, 2.45) is 0 Å². The molecule has 0 aliphatic carbocycles. The van der Waals surface area contributed by atoms with Gasteiger partial charge in [0.1, 0.15) is 5.76 Å². The SMILES string of the molecule is COCCN(CC(=O)N(CCc1ccccc1)Cc1ccco1)S(C)(=O)=O. The topological polar surface area (TPSA) is 80.1 Å². The van der Waals surface area contributed by atoms with Gasteiger partial charge in [-0.15, -0.1) is 0 Å². The predicted octanol–water partition coefficient (Wildman–Crippen LogP) is 1.76. The van der Waals surface area contributed by atoms with Crippen molar-refractivity contribution >= 4 is 15.9 Å². The summed E-state index contributed by atoms with van der Waals surface area (Å²) in [5.74, 6) is 0.378. The van der Waals surface area contributed by atoms with Gasteiger partial charge in [-0.05, 0) is 24.1 Å². The molecule has 0 fully saturated rings. The van der Waals surface area contributed by atoms with E-state index >= 15 is 0 Å². The van der Waals surface area contributed by atoms with E-state index in [2.05, 4.69) is 0 Å². The highest BCUT2D eigenvalue weighted by Crippen LogP contribution is 2.10. The number of sulfonamides is 1. The second-order valence-corrected chi connectivity index (χ2v) is 8.20. The Kier molecular flexibility index (Phi) is 8.02. The summed E-state index contributed by atoms with van der Waals surface area (Å²) in [7, 11) is -2.02. The molecule has 0 unspecified atom stereocenters. The average molecular weight is 394 g/mol. The molecule has 27 heavy (non-hydrogen) atoms. The zero-order valence-corrected chi connectivity index (χ0v) is 16.5. The number of rotatable bonds is 11. The minimum atomic E-state index is -3.51. The Bertz CT molecular complexity index is 791. The molecule has 0 radical (unpaired) electrons. The molecule has 7 nitrogen and oxygen atoms in total.